The maximum atomic E-state index is 14.3. The second kappa shape index (κ2) is 9.49. The van der Waals surface area contributed by atoms with Crippen molar-refractivity contribution in [3.8, 4) is 0 Å². The first-order valence-corrected chi connectivity index (χ1v) is 13.8. The highest BCUT2D eigenvalue weighted by Gasteiger charge is 2.30. The largest absolute Gasteiger partial charge is 0.322 e. The molecule has 0 aromatic heterocycles. The Morgan fingerprint density at radius 3 is 1.91 bits per heavy atom. The number of benzene rings is 2. The molecule has 2 aromatic rings. The molecule has 2 heterocycles. The van der Waals surface area contributed by atoms with Crippen LogP contribution in [0.15, 0.2) is 52.3 Å². The second-order valence-electron chi connectivity index (χ2n) is 8.20. The monoisotopic (exact) mass is 495 g/mol. The fraction of sp³-hybridized carbons (Fsp3) is 0.409. The maximum Gasteiger partial charge on any atom is 0.255 e. The Kier molecular flexibility index (Phi) is 6.85. The third kappa shape index (κ3) is 4.96. The lowest BCUT2D eigenvalue weighted by Gasteiger charge is -2.25. The summed E-state index contributed by atoms with van der Waals surface area (Å²) < 4.78 is 68.0. The van der Waals surface area contributed by atoms with Crippen molar-refractivity contribution < 1.29 is 26.0 Å². The lowest BCUT2D eigenvalue weighted by atomic mass is 10.2. The summed E-state index contributed by atoms with van der Waals surface area (Å²) in [6, 6.07) is 9.00. The lowest BCUT2D eigenvalue weighted by molar-refractivity contribution is 0.102. The third-order valence-corrected chi connectivity index (χ3v) is 9.77. The zero-order valence-corrected chi connectivity index (χ0v) is 19.7. The Hall–Kier alpha value is -2.34. The Labute approximate surface area is 193 Å². The molecule has 0 aliphatic carbocycles. The molecule has 1 amide bonds. The maximum absolute atomic E-state index is 14.3. The van der Waals surface area contributed by atoms with E-state index in [9.17, 15) is 26.0 Å². The summed E-state index contributed by atoms with van der Waals surface area (Å²) in [5.74, 6) is -1.54. The highest BCUT2D eigenvalue weighted by atomic mass is 32.2. The zero-order chi connectivity index (χ0) is 23.6. The number of piperidine rings is 1. The molecule has 2 aromatic carbocycles. The van der Waals surface area contributed by atoms with Gasteiger partial charge in [0.1, 0.15) is 10.7 Å². The average Bonchev–Trinajstić information content (AvgIpc) is 3.36. The molecule has 2 aliphatic heterocycles. The first-order valence-electron chi connectivity index (χ1n) is 10.9. The number of nitrogens with zero attached hydrogens (tertiary/aromatic N) is 2. The molecular formula is C22H26FN3O5S2. The van der Waals surface area contributed by atoms with E-state index in [4.69, 9.17) is 0 Å². The topological polar surface area (TPSA) is 104 Å². The zero-order valence-electron chi connectivity index (χ0n) is 18.0. The molecule has 4 rings (SSSR count). The minimum Gasteiger partial charge on any atom is -0.322 e. The van der Waals surface area contributed by atoms with Crippen LogP contribution in [0.5, 0.6) is 0 Å². The van der Waals surface area contributed by atoms with Crippen LogP contribution < -0.4 is 5.32 Å². The molecule has 33 heavy (non-hydrogen) atoms. The Bertz CT molecular complexity index is 1240. The van der Waals surface area contributed by atoms with Gasteiger partial charge in [-0.15, -0.1) is 0 Å². The molecule has 2 saturated heterocycles. The molecule has 2 aliphatic rings. The second-order valence-corrected chi connectivity index (χ2v) is 12.0. The summed E-state index contributed by atoms with van der Waals surface area (Å²) >= 11 is 0. The molecule has 0 atom stereocenters. The Balaban J connectivity index is 1.50. The summed E-state index contributed by atoms with van der Waals surface area (Å²) in [5.41, 5.74) is 0.324. The van der Waals surface area contributed by atoms with Gasteiger partial charge in [0.15, 0.2) is 0 Å². The van der Waals surface area contributed by atoms with Crippen LogP contribution in [0.3, 0.4) is 0 Å². The van der Waals surface area contributed by atoms with E-state index >= 15 is 0 Å². The van der Waals surface area contributed by atoms with Crippen molar-refractivity contribution in [3.05, 3.63) is 53.8 Å². The van der Waals surface area contributed by atoms with E-state index in [0.29, 0.717) is 44.7 Å². The molecule has 8 nitrogen and oxygen atoms in total. The number of anilines is 1. The highest BCUT2D eigenvalue weighted by molar-refractivity contribution is 7.89. The van der Waals surface area contributed by atoms with E-state index < -0.39 is 36.7 Å². The van der Waals surface area contributed by atoms with Crippen LogP contribution >= 0.6 is 0 Å². The summed E-state index contributed by atoms with van der Waals surface area (Å²) in [4.78, 5) is 12.3. The van der Waals surface area contributed by atoms with Crippen molar-refractivity contribution in [2.24, 2.45) is 0 Å². The summed E-state index contributed by atoms with van der Waals surface area (Å²) in [6.07, 6.45) is 4.11. The quantitative estimate of drug-likeness (QED) is 0.664. The summed E-state index contributed by atoms with van der Waals surface area (Å²) in [5, 5.41) is 2.61. The van der Waals surface area contributed by atoms with Crippen molar-refractivity contribution in [2.45, 2.75) is 41.9 Å². The molecule has 178 valence electrons. The lowest BCUT2D eigenvalue weighted by Crippen LogP contribution is -2.35. The molecule has 2 fully saturated rings. The number of sulfonamides is 2. The minimum absolute atomic E-state index is 0.0146. The predicted octanol–water partition coefficient (Wildman–Crippen LogP) is 3.04. The number of carbonyl (C=O) groups is 1. The van der Waals surface area contributed by atoms with Gasteiger partial charge in [0.2, 0.25) is 20.0 Å². The molecule has 0 bridgehead atoms. The molecule has 0 radical (unpaired) electrons. The first kappa shape index (κ1) is 23.8. The Morgan fingerprint density at radius 1 is 0.758 bits per heavy atom. The van der Waals surface area contributed by atoms with Crippen molar-refractivity contribution in [2.75, 3.05) is 31.5 Å². The number of carbonyl (C=O) groups excluding carboxylic acids is 1. The molecule has 0 unspecified atom stereocenters. The van der Waals surface area contributed by atoms with Gasteiger partial charge in [-0.1, -0.05) is 6.42 Å². The van der Waals surface area contributed by atoms with Gasteiger partial charge in [-0.3, -0.25) is 4.79 Å². The number of halogens is 1. The minimum atomic E-state index is -4.02. The fourth-order valence-electron chi connectivity index (χ4n) is 4.08. The standard InChI is InChI=1S/C22H26FN3O5S2/c23-20-11-6-17(16-21(20)33(30,31)26-14-4-5-15-26)22(27)24-18-7-9-19(10-8-18)32(28,29)25-12-2-1-3-13-25/h6-11,16H,1-5,12-15H2,(H,24,27). The molecule has 0 saturated carbocycles. The van der Waals surface area contributed by atoms with Gasteiger partial charge in [0.25, 0.3) is 5.91 Å². The number of hydrogen-bond acceptors (Lipinski definition) is 5. The van der Waals surface area contributed by atoms with E-state index in [1.165, 1.54) is 38.9 Å². The van der Waals surface area contributed by atoms with Crippen molar-refractivity contribution in [1.82, 2.24) is 8.61 Å². The number of rotatable bonds is 6. The van der Waals surface area contributed by atoms with Crippen molar-refractivity contribution in [3.63, 3.8) is 0 Å². The summed E-state index contributed by atoms with van der Waals surface area (Å²) in [6.45, 7) is 1.64. The van der Waals surface area contributed by atoms with E-state index in [0.717, 1.165) is 31.4 Å². The van der Waals surface area contributed by atoms with E-state index in [-0.39, 0.29) is 10.5 Å². The number of amides is 1. The van der Waals surface area contributed by atoms with Gasteiger partial charge >= 0.3 is 0 Å². The molecule has 0 spiro atoms. The van der Waals surface area contributed by atoms with Crippen LogP contribution in [0, 0.1) is 5.82 Å². The van der Waals surface area contributed by atoms with Gasteiger partial charge in [0, 0.05) is 37.4 Å². The summed E-state index contributed by atoms with van der Waals surface area (Å²) in [7, 11) is -7.61. The van der Waals surface area contributed by atoms with Gasteiger partial charge in [-0.2, -0.15) is 8.61 Å². The average molecular weight is 496 g/mol. The van der Waals surface area contributed by atoms with E-state index in [1.807, 2.05) is 0 Å². The fourth-order valence-corrected chi connectivity index (χ4v) is 7.20. The van der Waals surface area contributed by atoms with Crippen LogP contribution in [0.2, 0.25) is 0 Å². The highest BCUT2D eigenvalue weighted by Crippen LogP contribution is 2.25. The molecule has 1 N–H and O–H groups in total. The van der Waals surface area contributed by atoms with Gasteiger partial charge in [-0.25, -0.2) is 21.2 Å². The van der Waals surface area contributed by atoms with Crippen LogP contribution in [-0.4, -0.2) is 57.5 Å². The van der Waals surface area contributed by atoms with Gasteiger partial charge in [-0.05, 0) is 68.1 Å². The molecule has 11 heteroatoms. The van der Waals surface area contributed by atoms with Crippen LogP contribution in [0.4, 0.5) is 10.1 Å². The normalized spacial score (nSPS) is 18.3. The number of nitrogens with one attached hydrogen (secondary N) is 1. The van der Waals surface area contributed by atoms with Crippen molar-refractivity contribution in [1.29, 1.82) is 0 Å². The predicted molar refractivity (Wildman–Crippen MR) is 121 cm³/mol. The third-order valence-electron chi connectivity index (χ3n) is 5.94. The van der Waals surface area contributed by atoms with E-state index in [2.05, 4.69) is 5.32 Å². The molecular weight excluding hydrogens is 469 g/mol. The SMILES string of the molecule is O=C(Nc1ccc(S(=O)(=O)N2CCCCC2)cc1)c1ccc(F)c(S(=O)(=O)N2CCCC2)c1. The van der Waals surface area contributed by atoms with Crippen LogP contribution in [0.25, 0.3) is 0 Å². The first-order chi connectivity index (χ1) is 15.7. The van der Waals surface area contributed by atoms with Crippen LogP contribution in [0.1, 0.15) is 42.5 Å². The van der Waals surface area contributed by atoms with Gasteiger partial charge < -0.3 is 5.32 Å². The van der Waals surface area contributed by atoms with E-state index in [1.54, 1.807) is 0 Å². The number of hydrogen-bond donors (Lipinski definition) is 1. The van der Waals surface area contributed by atoms with Crippen LogP contribution in [-0.2, 0) is 20.0 Å². The van der Waals surface area contributed by atoms with Gasteiger partial charge in [0.05, 0.1) is 4.90 Å². The smallest absolute Gasteiger partial charge is 0.255 e. The van der Waals surface area contributed by atoms with Crippen molar-refractivity contribution >= 4 is 31.6 Å². The Morgan fingerprint density at radius 2 is 1.30 bits per heavy atom.